The van der Waals surface area contributed by atoms with Crippen molar-refractivity contribution in [1.29, 1.82) is 0 Å². The van der Waals surface area contributed by atoms with Crippen LogP contribution in [-0.2, 0) is 12.8 Å². The molecule has 1 aliphatic carbocycles. The largest absolute Gasteiger partial charge is 0.454 e. The molecule has 2 aromatic carbocycles. The first-order chi connectivity index (χ1) is 8.42. The van der Waals surface area contributed by atoms with Crippen LogP contribution in [0, 0.1) is 0 Å². The first-order valence-corrected chi connectivity index (χ1v) is 6.26. The van der Waals surface area contributed by atoms with Crippen LogP contribution in [0.3, 0.4) is 0 Å². The van der Waals surface area contributed by atoms with Gasteiger partial charge in [0.1, 0.15) is 0 Å². The molecule has 0 amide bonds. The van der Waals surface area contributed by atoms with Crippen LogP contribution < -0.4 is 9.47 Å². The number of hydrogen-bond acceptors (Lipinski definition) is 2. The lowest BCUT2D eigenvalue weighted by atomic mass is 9.87. The quantitative estimate of drug-likeness (QED) is 0.685. The van der Waals surface area contributed by atoms with Gasteiger partial charge in [-0.2, -0.15) is 0 Å². The summed E-state index contributed by atoms with van der Waals surface area (Å²) in [5, 5.41) is 2.63. The van der Waals surface area contributed by atoms with E-state index >= 15 is 0 Å². The standard InChI is InChI=1S/C15H14O2/c1-2-4-12-10(3-1)5-6-11-7-14-15(8-13(11)12)17-9-16-14/h5-8H,1-4,9H2. The molecule has 86 valence electrons. The Kier molecular flexibility index (Phi) is 1.87. The van der Waals surface area contributed by atoms with Gasteiger partial charge in [-0.3, -0.25) is 0 Å². The van der Waals surface area contributed by atoms with Crippen molar-refractivity contribution < 1.29 is 9.47 Å². The Hall–Kier alpha value is -1.70. The molecule has 2 nitrogen and oxygen atoms in total. The molecule has 0 unspecified atom stereocenters. The predicted molar refractivity (Wildman–Crippen MR) is 66.7 cm³/mol. The molecule has 0 radical (unpaired) electrons. The fourth-order valence-corrected chi connectivity index (χ4v) is 2.97. The molecule has 0 saturated heterocycles. The van der Waals surface area contributed by atoms with Crippen molar-refractivity contribution in [2.45, 2.75) is 25.7 Å². The highest BCUT2D eigenvalue weighted by Gasteiger charge is 2.18. The molecule has 0 bridgehead atoms. The van der Waals surface area contributed by atoms with E-state index in [0.717, 1.165) is 11.5 Å². The van der Waals surface area contributed by atoms with Crippen molar-refractivity contribution in [3.05, 3.63) is 35.4 Å². The summed E-state index contributed by atoms with van der Waals surface area (Å²) in [7, 11) is 0. The zero-order chi connectivity index (χ0) is 11.2. The summed E-state index contributed by atoms with van der Waals surface area (Å²) >= 11 is 0. The summed E-state index contributed by atoms with van der Waals surface area (Å²) in [5.41, 5.74) is 3.04. The number of rotatable bonds is 0. The molecule has 0 aromatic heterocycles. The number of benzene rings is 2. The van der Waals surface area contributed by atoms with Gasteiger partial charge in [-0.25, -0.2) is 0 Å². The molecule has 0 spiro atoms. The van der Waals surface area contributed by atoms with E-state index in [4.69, 9.17) is 9.47 Å². The topological polar surface area (TPSA) is 18.5 Å². The summed E-state index contributed by atoms with van der Waals surface area (Å²) in [4.78, 5) is 0. The maximum atomic E-state index is 5.48. The summed E-state index contributed by atoms with van der Waals surface area (Å²) in [6.45, 7) is 0.355. The Morgan fingerprint density at radius 1 is 0.882 bits per heavy atom. The number of hydrogen-bond donors (Lipinski definition) is 0. The van der Waals surface area contributed by atoms with Crippen LogP contribution in [-0.4, -0.2) is 6.79 Å². The smallest absolute Gasteiger partial charge is 0.231 e. The average Bonchev–Trinajstić information content (AvgIpc) is 2.83. The highest BCUT2D eigenvalue weighted by atomic mass is 16.7. The van der Waals surface area contributed by atoms with Crippen LogP contribution in [0.5, 0.6) is 11.5 Å². The minimum Gasteiger partial charge on any atom is -0.454 e. The van der Waals surface area contributed by atoms with Crippen LogP contribution >= 0.6 is 0 Å². The molecule has 0 fully saturated rings. The first-order valence-electron chi connectivity index (χ1n) is 6.26. The van der Waals surface area contributed by atoms with Gasteiger partial charge in [-0.1, -0.05) is 12.1 Å². The van der Waals surface area contributed by atoms with Crippen molar-refractivity contribution in [3.8, 4) is 11.5 Å². The lowest BCUT2D eigenvalue weighted by Crippen LogP contribution is -2.02. The Morgan fingerprint density at radius 3 is 2.65 bits per heavy atom. The third-order valence-corrected chi connectivity index (χ3v) is 3.84. The zero-order valence-corrected chi connectivity index (χ0v) is 9.66. The molecule has 4 rings (SSSR count). The minimum atomic E-state index is 0.355. The number of fused-ring (bicyclic) bond motifs is 4. The summed E-state index contributed by atoms with van der Waals surface area (Å²) < 4.78 is 10.9. The fourth-order valence-electron chi connectivity index (χ4n) is 2.97. The molecule has 2 aromatic rings. The minimum absolute atomic E-state index is 0.355. The second-order valence-electron chi connectivity index (χ2n) is 4.84. The maximum absolute atomic E-state index is 5.48. The summed E-state index contributed by atoms with van der Waals surface area (Å²) in [6, 6.07) is 8.74. The van der Waals surface area contributed by atoms with E-state index in [1.54, 1.807) is 0 Å². The van der Waals surface area contributed by atoms with E-state index in [9.17, 15) is 0 Å². The molecule has 1 aliphatic heterocycles. The van der Waals surface area contributed by atoms with Gasteiger partial charge in [0.2, 0.25) is 6.79 Å². The molecule has 0 atom stereocenters. The van der Waals surface area contributed by atoms with Crippen molar-refractivity contribution >= 4 is 10.8 Å². The van der Waals surface area contributed by atoms with Crippen LogP contribution in [0.15, 0.2) is 24.3 Å². The number of aryl methyl sites for hydroxylation is 2. The third kappa shape index (κ3) is 1.33. The molecular weight excluding hydrogens is 212 g/mol. The van der Waals surface area contributed by atoms with E-state index in [-0.39, 0.29) is 0 Å². The van der Waals surface area contributed by atoms with Gasteiger partial charge in [0.15, 0.2) is 11.5 Å². The lowest BCUT2D eigenvalue weighted by molar-refractivity contribution is 0.174. The van der Waals surface area contributed by atoms with Gasteiger partial charge in [-0.15, -0.1) is 0 Å². The Bertz CT molecular complexity index is 601. The Balaban J connectivity index is 2.03. The van der Waals surface area contributed by atoms with E-state index in [0.29, 0.717) is 6.79 Å². The molecule has 0 N–H and O–H groups in total. The molecule has 2 heteroatoms. The van der Waals surface area contributed by atoms with Crippen LogP contribution in [0.2, 0.25) is 0 Å². The maximum Gasteiger partial charge on any atom is 0.231 e. The first kappa shape index (κ1) is 9.34. The van der Waals surface area contributed by atoms with Gasteiger partial charge in [0, 0.05) is 0 Å². The normalized spacial score (nSPS) is 17.2. The van der Waals surface area contributed by atoms with E-state index in [1.807, 2.05) is 0 Å². The fraction of sp³-hybridized carbons (Fsp3) is 0.333. The zero-order valence-electron chi connectivity index (χ0n) is 9.66. The van der Waals surface area contributed by atoms with E-state index in [1.165, 1.54) is 47.6 Å². The lowest BCUT2D eigenvalue weighted by Gasteiger charge is -2.18. The van der Waals surface area contributed by atoms with Gasteiger partial charge < -0.3 is 9.47 Å². The highest BCUT2D eigenvalue weighted by Crippen LogP contribution is 2.39. The predicted octanol–water partition coefficient (Wildman–Crippen LogP) is 3.45. The second-order valence-corrected chi connectivity index (χ2v) is 4.84. The van der Waals surface area contributed by atoms with E-state index < -0.39 is 0 Å². The van der Waals surface area contributed by atoms with Crippen molar-refractivity contribution in [3.63, 3.8) is 0 Å². The van der Waals surface area contributed by atoms with Crippen LogP contribution in [0.25, 0.3) is 10.8 Å². The van der Waals surface area contributed by atoms with Gasteiger partial charge >= 0.3 is 0 Å². The van der Waals surface area contributed by atoms with Crippen LogP contribution in [0.4, 0.5) is 0 Å². The van der Waals surface area contributed by atoms with Crippen molar-refractivity contribution in [1.82, 2.24) is 0 Å². The van der Waals surface area contributed by atoms with Crippen LogP contribution in [0.1, 0.15) is 24.0 Å². The SMILES string of the molecule is c1cc2cc3c(cc2c2c1CCCC2)OCO3. The Labute approximate surface area is 100 Å². The monoisotopic (exact) mass is 226 g/mol. The van der Waals surface area contributed by atoms with Gasteiger partial charge in [0.05, 0.1) is 0 Å². The molecule has 0 saturated carbocycles. The van der Waals surface area contributed by atoms with Gasteiger partial charge in [0.25, 0.3) is 0 Å². The third-order valence-electron chi connectivity index (χ3n) is 3.84. The summed E-state index contributed by atoms with van der Waals surface area (Å²) in [5.74, 6) is 1.78. The van der Waals surface area contributed by atoms with Crippen molar-refractivity contribution in [2.24, 2.45) is 0 Å². The second kappa shape index (κ2) is 3.39. The summed E-state index contributed by atoms with van der Waals surface area (Å²) in [6.07, 6.45) is 5.05. The van der Waals surface area contributed by atoms with E-state index in [2.05, 4.69) is 24.3 Å². The number of ether oxygens (including phenoxy) is 2. The average molecular weight is 226 g/mol. The molecule has 17 heavy (non-hydrogen) atoms. The molecule has 1 heterocycles. The van der Waals surface area contributed by atoms with Crippen molar-refractivity contribution in [2.75, 3.05) is 6.79 Å². The van der Waals surface area contributed by atoms with Gasteiger partial charge in [-0.05, 0) is 59.7 Å². The molecule has 2 aliphatic rings. The highest BCUT2D eigenvalue weighted by molar-refractivity contribution is 5.90. The molecular formula is C15H14O2. The Morgan fingerprint density at radius 2 is 1.71 bits per heavy atom.